The summed E-state index contributed by atoms with van der Waals surface area (Å²) in [7, 11) is 0. The Labute approximate surface area is 278 Å². The van der Waals surface area contributed by atoms with Gasteiger partial charge in [0.2, 0.25) is 5.91 Å². The Bertz CT molecular complexity index is 1740. The maximum absolute atomic E-state index is 13.1. The first-order valence-corrected chi connectivity index (χ1v) is 16.0. The summed E-state index contributed by atoms with van der Waals surface area (Å²) in [5.74, 6) is 0.806. The molecule has 0 aliphatic carbocycles. The largest absolute Gasteiger partial charge is 0.378 e. The third-order valence-electron chi connectivity index (χ3n) is 8.60. The molecular formula is C38H45N7O2. The van der Waals surface area contributed by atoms with E-state index in [4.69, 9.17) is 0 Å². The van der Waals surface area contributed by atoms with Crippen molar-refractivity contribution < 1.29 is 9.59 Å². The Morgan fingerprint density at radius 3 is 2.28 bits per heavy atom. The van der Waals surface area contributed by atoms with Gasteiger partial charge in [0.1, 0.15) is 5.82 Å². The van der Waals surface area contributed by atoms with Gasteiger partial charge in [-0.2, -0.15) is 0 Å². The maximum Gasteiger partial charge on any atom is 0.255 e. The SMILES string of the molecule is C=N/C(=C\n1ccnc1CNc1ccc(CN2CCN(C(C)=O)CC2)cc1)c1ccc(C)c(NC(=O)c2ccc(C(C)(C)C)cc2)c1. The number of carbonyl (C=O) groups is 2. The maximum atomic E-state index is 13.1. The van der Waals surface area contributed by atoms with Gasteiger partial charge in [-0.05, 0) is 66.1 Å². The van der Waals surface area contributed by atoms with Crippen molar-refractivity contribution in [2.45, 2.75) is 53.1 Å². The minimum Gasteiger partial charge on any atom is -0.378 e. The summed E-state index contributed by atoms with van der Waals surface area (Å²) in [6.07, 6.45) is 5.54. The van der Waals surface area contributed by atoms with Crippen LogP contribution in [0.2, 0.25) is 0 Å². The van der Waals surface area contributed by atoms with Crippen LogP contribution >= 0.6 is 0 Å². The number of anilines is 2. The molecule has 2 heterocycles. The van der Waals surface area contributed by atoms with Crippen LogP contribution in [0.5, 0.6) is 0 Å². The van der Waals surface area contributed by atoms with Gasteiger partial charge in [-0.3, -0.25) is 19.5 Å². The highest BCUT2D eigenvalue weighted by Crippen LogP contribution is 2.26. The fraction of sp³-hybridized carbons (Fsp3) is 0.316. The fourth-order valence-electron chi connectivity index (χ4n) is 5.56. The molecule has 1 fully saturated rings. The van der Waals surface area contributed by atoms with Crippen molar-refractivity contribution in [3.05, 3.63) is 113 Å². The molecule has 1 aromatic heterocycles. The summed E-state index contributed by atoms with van der Waals surface area (Å²) in [6, 6.07) is 22.1. The number of hydrogen-bond donors (Lipinski definition) is 2. The molecule has 1 saturated heterocycles. The molecule has 1 aliphatic heterocycles. The Kier molecular flexibility index (Phi) is 10.4. The Morgan fingerprint density at radius 2 is 1.64 bits per heavy atom. The zero-order valence-electron chi connectivity index (χ0n) is 28.1. The number of nitrogens with zero attached hydrogens (tertiary/aromatic N) is 5. The zero-order chi connectivity index (χ0) is 33.6. The minimum atomic E-state index is -0.161. The van der Waals surface area contributed by atoms with Crippen LogP contribution < -0.4 is 10.6 Å². The van der Waals surface area contributed by atoms with Crippen LogP contribution in [-0.4, -0.2) is 64.1 Å². The van der Waals surface area contributed by atoms with E-state index >= 15 is 0 Å². The molecule has 0 saturated carbocycles. The van der Waals surface area contributed by atoms with Crippen molar-refractivity contribution in [1.29, 1.82) is 0 Å². The van der Waals surface area contributed by atoms with Gasteiger partial charge in [0.25, 0.3) is 5.91 Å². The third-order valence-corrected chi connectivity index (χ3v) is 8.60. The summed E-state index contributed by atoms with van der Waals surface area (Å²) >= 11 is 0. The monoisotopic (exact) mass is 631 g/mol. The molecule has 1 aliphatic rings. The minimum absolute atomic E-state index is 0.0210. The highest BCUT2D eigenvalue weighted by atomic mass is 16.2. The highest BCUT2D eigenvalue weighted by molar-refractivity contribution is 6.05. The Morgan fingerprint density at radius 1 is 0.957 bits per heavy atom. The van der Waals surface area contributed by atoms with Gasteiger partial charge in [-0.1, -0.05) is 57.2 Å². The number of nitrogens with one attached hydrogen (secondary N) is 2. The lowest BCUT2D eigenvalue weighted by Crippen LogP contribution is -2.47. The van der Waals surface area contributed by atoms with E-state index in [2.05, 4.69) is 77.3 Å². The van der Waals surface area contributed by atoms with E-state index in [1.54, 1.807) is 13.1 Å². The average Bonchev–Trinajstić information content (AvgIpc) is 3.51. The fourth-order valence-corrected chi connectivity index (χ4v) is 5.56. The van der Waals surface area contributed by atoms with Crippen LogP contribution in [0, 0.1) is 6.92 Å². The Hall–Kier alpha value is -5.02. The lowest BCUT2D eigenvalue weighted by molar-refractivity contribution is -0.130. The molecule has 9 heteroatoms. The van der Waals surface area contributed by atoms with E-state index < -0.39 is 0 Å². The van der Waals surface area contributed by atoms with E-state index in [0.29, 0.717) is 17.8 Å². The van der Waals surface area contributed by atoms with Gasteiger partial charge in [0.05, 0.1) is 12.2 Å². The number of piperazine rings is 1. The summed E-state index contributed by atoms with van der Waals surface area (Å²) in [6.45, 7) is 18.6. The molecule has 0 unspecified atom stereocenters. The molecule has 9 nitrogen and oxygen atoms in total. The van der Waals surface area contributed by atoms with E-state index in [9.17, 15) is 9.59 Å². The summed E-state index contributed by atoms with van der Waals surface area (Å²) < 4.78 is 1.93. The standard InChI is InChI=1S/C38H45N7O2/c1-27-7-10-31(23-34(27)42-37(47)30-11-13-32(14-12-30)38(3,4)5)35(39-6)26-45-18-17-40-36(45)24-41-33-15-8-29(9-16-33)25-43-19-21-44(22-20-43)28(2)46/h7-18,23,26,41H,6,19-22,24-25H2,1-5H3,(H,42,47)/b35-26-. The molecule has 4 aromatic rings. The highest BCUT2D eigenvalue weighted by Gasteiger charge is 2.19. The molecule has 0 spiro atoms. The van der Waals surface area contributed by atoms with Crippen LogP contribution in [0.3, 0.4) is 0 Å². The number of carbonyl (C=O) groups excluding carboxylic acids is 2. The van der Waals surface area contributed by atoms with Crippen molar-refractivity contribution in [3.63, 3.8) is 0 Å². The van der Waals surface area contributed by atoms with Gasteiger partial charge in [-0.15, -0.1) is 0 Å². The number of imidazole rings is 1. The molecule has 47 heavy (non-hydrogen) atoms. The lowest BCUT2D eigenvalue weighted by atomic mass is 9.86. The quantitative estimate of drug-likeness (QED) is 0.191. The predicted octanol–water partition coefficient (Wildman–Crippen LogP) is 6.67. The number of hydrogen-bond acceptors (Lipinski definition) is 6. The zero-order valence-corrected chi connectivity index (χ0v) is 28.1. The van der Waals surface area contributed by atoms with Crippen LogP contribution in [0.1, 0.15) is 66.1 Å². The number of aliphatic imine (C=N–C) groups is 1. The van der Waals surface area contributed by atoms with Crippen LogP contribution in [0.4, 0.5) is 11.4 Å². The number of benzene rings is 3. The molecule has 5 rings (SSSR count). The predicted molar refractivity (Wildman–Crippen MR) is 192 cm³/mol. The second-order valence-corrected chi connectivity index (χ2v) is 13.1. The number of aromatic nitrogens is 2. The van der Waals surface area contributed by atoms with Gasteiger partial charge in [0, 0.05) is 80.7 Å². The smallest absolute Gasteiger partial charge is 0.255 e. The first-order valence-electron chi connectivity index (χ1n) is 16.0. The number of aryl methyl sites for hydroxylation is 1. The van der Waals surface area contributed by atoms with Gasteiger partial charge in [0.15, 0.2) is 0 Å². The van der Waals surface area contributed by atoms with Crippen LogP contribution in [0.15, 0.2) is 84.1 Å². The van der Waals surface area contributed by atoms with Crippen LogP contribution in [-0.2, 0) is 23.3 Å². The molecule has 2 N–H and O–H groups in total. The van der Waals surface area contributed by atoms with Crippen molar-refractivity contribution >= 4 is 41.8 Å². The first-order chi connectivity index (χ1) is 22.5. The second-order valence-electron chi connectivity index (χ2n) is 13.1. The van der Waals surface area contributed by atoms with E-state index in [0.717, 1.165) is 61.0 Å². The Balaban J connectivity index is 1.22. The van der Waals surface area contributed by atoms with Crippen LogP contribution in [0.25, 0.3) is 11.9 Å². The van der Waals surface area contributed by atoms with E-state index in [-0.39, 0.29) is 17.2 Å². The molecule has 0 radical (unpaired) electrons. The molecular weight excluding hydrogens is 586 g/mol. The molecule has 244 valence electrons. The average molecular weight is 632 g/mol. The normalized spacial score (nSPS) is 14.1. The van der Waals surface area contributed by atoms with Gasteiger partial charge >= 0.3 is 0 Å². The van der Waals surface area contributed by atoms with Crippen molar-refractivity contribution in [2.24, 2.45) is 4.99 Å². The summed E-state index contributed by atoms with van der Waals surface area (Å²) in [4.78, 5) is 37.9. The molecule has 0 bridgehead atoms. The molecule has 0 atom stereocenters. The van der Waals surface area contributed by atoms with E-state index in [1.807, 2.05) is 71.3 Å². The molecule has 2 amide bonds. The topological polar surface area (TPSA) is 94.9 Å². The number of rotatable bonds is 10. The summed E-state index contributed by atoms with van der Waals surface area (Å²) in [5, 5.41) is 6.54. The number of amides is 2. The lowest BCUT2D eigenvalue weighted by Gasteiger charge is -2.34. The van der Waals surface area contributed by atoms with E-state index in [1.165, 1.54) is 11.1 Å². The second kappa shape index (κ2) is 14.6. The van der Waals surface area contributed by atoms with Crippen molar-refractivity contribution in [1.82, 2.24) is 19.4 Å². The summed E-state index contributed by atoms with van der Waals surface area (Å²) in [5.41, 5.74) is 7.20. The first kappa shape index (κ1) is 33.3. The van der Waals surface area contributed by atoms with Gasteiger partial charge < -0.3 is 20.1 Å². The molecule has 3 aromatic carbocycles. The van der Waals surface area contributed by atoms with Crippen molar-refractivity contribution in [3.8, 4) is 0 Å². The van der Waals surface area contributed by atoms with Gasteiger partial charge in [-0.25, -0.2) is 4.98 Å². The third kappa shape index (κ3) is 8.62. The van der Waals surface area contributed by atoms with Crippen molar-refractivity contribution in [2.75, 3.05) is 36.8 Å².